The third kappa shape index (κ3) is 3.35. The highest BCUT2D eigenvalue weighted by atomic mass is 32.1. The number of benzene rings is 1. The molecule has 0 fully saturated rings. The van der Waals surface area contributed by atoms with Gasteiger partial charge in [-0.25, -0.2) is 4.98 Å². The molecule has 0 saturated carbocycles. The second-order valence-electron chi connectivity index (χ2n) is 6.69. The summed E-state index contributed by atoms with van der Waals surface area (Å²) in [4.78, 5) is 30.8. The predicted molar refractivity (Wildman–Crippen MR) is 108 cm³/mol. The zero-order valence-electron chi connectivity index (χ0n) is 15.7. The SMILES string of the molecule is CCCn1cnc2sc(C(=O)NCC3COc4ccccc4O3)c(C)c2c1=O. The minimum absolute atomic E-state index is 0.0970. The molecule has 1 aliphatic rings. The maximum atomic E-state index is 12.7. The van der Waals surface area contributed by atoms with Crippen LogP contribution in [0.15, 0.2) is 35.4 Å². The zero-order valence-corrected chi connectivity index (χ0v) is 16.5. The highest BCUT2D eigenvalue weighted by molar-refractivity contribution is 7.20. The van der Waals surface area contributed by atoms with E-state index >= 15 is 0 Å². The highest BCUT2D eigenvalue weighted by Crippen LogP contribution is 2.31. The van der Waals surface area contributed by atoms with Gasteiger partial charge < -0.3 is 14.8 Å². The lowest BCUT2D eigenvalue weighted by atomic mass is 10.2. The molecule has 1 unspecified atom stereocenters. The summed E-state index contributed by atoms with van der Waals surface area (Å²) < 4.78 is 13.1. The molecule has 0 aliphatic carbocycles. The average Bonchev–Trinajstić information content (AvgIpc) is 3.05. The predicted octanol–water partition coefficient (Wildman–Crippen LogP) is 2.75. The summed E-state index contributed by atoms with van der Waals surface area (Å²) >= 11 is 1.24. The van der Waals surface area contributed by atoms with Crippen molar-refractivity contribution >= 4 is 27.5 Å². The van der Waals surface area contributed by atoms with Crippen molar-refractivity contribution in [2.24, 2.45) is 0 Å². The summed E-state index contributed by atoms with van der Waals surface area (Å²) in [5, 5.41) is 3.42. The Labute approximate surface area is 165 Å². The molecule has 3 heterocycles. The van der Waals surface area contributed by atoms with Gasteiger partial charge in [0.25, 0.3) is 11.5 Å². The molecule has 1 aromatic carbocycles. The van der Waals surface area contributed by atoms with Crippen molar-refractivity contribution in [1.29, 1.82) is 0 Å². The zero-order chi connectivity index (χ0) is 19.7. The summed E-state index contributed by atoms with van der Waals surface area (Å²) in [5.41, 5.74) is 0.576. The maximum Gasteiger partial charge on any atom is 0.262 e. The number of aryl methyl sites for hydroxylation is 2. The van der Waals surface area contributed by atoms with Crippen LogP contribution in [0.1, 0.15) is 28.6 Å². The van der Waals surface area contributed by atoms with E-state index in [9.17, 15) is 9.59 Å². The van der Waals surface area contributed by atoms with E-state index in [1.165, 1.54) is 11.3 Å². The van der Waals surface area contributed by atoms with Gasteiger partial charge in [0, 0.05) is 6.54 Å². The number of para-hydroxylation sites is 2. The Morgan fingerprint density at radius 2 is 2.14 bits per heavy atom. The number of hydrogen-bond acceptors (Lipinski definition) is 6. The minimum Gasteiger partial charge on any atom is -0.486 e. The van der Waals surface area contributed by atoms with Crippen molar-refractivity contribution in [3.05, 3.63) is 51.4 Å². The number of ether oxygens (including phenoxy) is 2. The molecule has 7 nitrogen and oxygen atoms in total. The first-order valence-electron chi connectivity index (χ1n) is 9.23. The highest BCUT2D eigenvalue weighted by Gasteiger charge is 2.23. The van der Waals surface area contributed by atoms with Gasteiger partial charge >= 0.3 is 0 Å². The Morgan fingerprint density at radius 1 is 1.36 bits per heavy atom. The van der Waals surface area contributed by atoms with Gasteiger partial charge in [-0.3, -0.25) is 14.2 Å². The second-order valence-corrected chi connectivity index (χ2v) is 7.69. The van der Waals surface area contributed by atoms with Crippen molar-refractivity contribution in [3.8, 4) is 11.5 Å². The second kappa shape index (κ2) is 7.63. The van der Waals surface area contributed by atoms with Gasteiger partial charge in [-0.05, 0) is 31.0 Å². The van der Waals surface area contributed by atoms with E-state index in [4.69, 9.17) is 9.47 Å². The number of thiophene rings is 1. The third-order valence-corrected chi connectivity index (χ3v) is 5.84. The third-order valence-electron chi connectivity index (χ3n) is 4.65. The minimum atomic E-state index is -0.270. The Bertz CT molecular complexity index is 1090. The molecular weight excluding hydrogens is 378 g/mol. The summed E-state index contributed by atoms with van der Waals surface area (Å²) in [7, 11) is 0. The van der Waals surface area contributed by atoms with Gasteiger partial charge in [0.05, 0.1) is 23.1 Å². The van der Waals surface area contributed by atoms with Crippen LogP contribution in [0.5, 0.6) is 11.5 Å². The largest absolute Gasteiger partial charge is 0.486 e. The van der Waals surface area contributed by atoms with E-state index in [-0.39, 0.29) is 17.6 Å². The van der Waals surface area contributed by atoms with Gasteiger partial charge in [0.2, 0.25) is 0 Å². The molecule has 28 heavy (non-hydrogen) atoms. The van der Waals surface area contributed by atoms with Crippen LogP contribution >= 0.6 is 11.3 Å². The number of carbonyl (C=O) groups is 1. The number of fused-ring (bicyclic) bond motifs is 2. The quantitative estimate of drug-likeness (QED) is 0.713. The molecule has 3 aromatic rings. The molecule has 2 aromatic heterocycles. The van der Waals surface area contributed by atoms with Gasteiger partial charge in [0.15, 0.2) is 11.5 Å². The Morgan fingerprint density at radius 3 is 2.93 bits per heavy atom. The Kier molecular flexibility index (Phi) is 5.04. The standard InChI is InChI=1S/C20H21N3O4S/c1-3-8-23-11-22-19-16(20(23)25)12(2)17(28-19)18(24)21-9-13-10-26-14-6-4-5-7-15(14)27-13/h4-7,11,13H,3,8-10H2,1-2H3,(H,21,24). The van der Waals surface area contributed by atoms with Gasteiger partial charge in [-0.15, -0.1) is 11.3 Å². The number of hydrogen-bond donors (Lipinski definition) is 1. The topological polar surface area (TPSA) is 82.5 Å². The Hall–Kier alpha value is -2.87. The van der Waals surface area contributed by atoms with Crippen molar-refractivity contribution in [3.63, 3.8) is 0 Å². The van der Waals surface area contributed by atoms with Crippen LogP contribution in [0.3, 0.4) is 0 Å². The van der Waals surface area contributed by atoms with Gasteiger partial charge in [0.1, 0.15) is 17.5 Å². The molecule has 1 amide bonds. The molecule has 1 N–H and O–H groups in total. The van der Waals surface area contributed by atoms with Crippen molar-refractivity contribution in [2.45, 2.75) is 32.9 Å². The molecule has 1 aliphatic heterocycles. The molecule has 0 bridgehead atoms. The molecule has 0 radical (unpaired) electrons. The van der Waals surface area contributed by atoms with E-state index in [1.54, 1.807) is 17.8 Å². The monoisotopic (exact) mass is 399 g/mol. The first-order valence-corrected chi connectivity index (χ1v) is 10.0. The molecule has 1 atom stereocenters. The lowest BCUT2D eigenvalue weighted by Gasteiger charge is -2.26. The first-order chi connectivity index (χ1) is 13.6. The lowest BCUT2D eigenvalue weighted by molar-refractivity contribution is 0.0791. The number of rotatable bonds is 5. The number of nitrogens with one attached hydrogen (secondary N) is 1. The molecule has 8 heteroatoms. The molecule has 0 spiro atoms. The first kappa shape index (κ1) is 18.5. The van der Waals surface area contributed by atoms with Crippen LogP contribution in [-0.2, 0) is 6.54 Å². The fourth-order valence-corrected chi connectivity index (χ4v) is 4.28. The van der Waals surface area contributed by atoms with E-state index < -0.39 is 0 Å². The van der Waals surface area contributed by atoms with Crippen LogP contribution in [0.4, 0.5) is 0 Å². The number of aromatic nitrogens is 2. The smallest absolute Gasteiger partial charge is 0.262 e. The van der Waals surface area contributed by atoms with Crippen molar-refractivity contribution in [2.75, 3.05) is 13.2 Å². The summed E-state index contributed by atoms with van der Waals surface area (Å²) in [5.74, 6) is 1.15. The fourth-order valence-electron chi connectivity index (χ4n) is 3.23. The normalized spacial score (nSPS) is 15.6. The Balaban J connectivity index is 1.49. The van der Waals surface area contributed by atoms with Gasteiger partial charge in [-0.1, -0.05) is 19.1 Å². The summed E-state index contributed by atoms with van der Waals surface area (Å²) in [6.45, 7) is 5.09. The van der Waals surface area contributed by atoms with Gasteiger partial charge in [-0.2, -0.15) is 0 Å². The van der Waals surface area contributed by atoms with E-state index in [2.05, 4.69) is 10.3 Å². The summed E-state index contributed by atoms with van der Waals surface area (Å²) in [6.07, 6.45) is 2.13. The van der Waals surface area contributed by atoms with Crippen LogP contribution in [0.25, 0.3) is 10.2 Å². The fraction of sp³-hybridized carbons (Fsp3) is 0.350. The molecular formula is C20H21N3O4S. The van der Waals surface area contributed by atoms with Crippen molar-refractivity contribution in [1.82, 2.24) is 14.9 Å². The van der Waals surface area contributed by atoms with Crippen LogP contribution in [-0.4, -0.2) is 34.7 Å². The number of nitrogens with zero attached hydrogens (tertiary/aromatic N) is 2. The average molecular weight is 399 g/mol. The summed E-state index contributed by atoms with van der Waals surface area (Å²) in [6, 6.07) is 7.45. The number of carbonyl (C=O) groups excluding carboxylic acids is 1. The van der Waals surface area contributed by atoms with Crippen LogP contribution in [0, 0.1) is 6.92 Å². The number of amides is 1. The molecule has 0 saturated heterocycles. The van der Waals surface area contributed by atoms with Crippen molar-refractivity contribution < 1.29 is 14.3 Å². The lowest BCUT2D eigenvalue weighted by Crippen LogP contribution is -2.40. The van der Waals surface area contributed by atoms with Crippen LogP contribution < -0.4 is 20.3 Å². The van der Waals surface area contributed by atoms with E-state index in [0.29, 0.717) is 51.9 Å². The van der Waals surface area contributed by atoms with E-state index in [1.807, 2.05) is 31.2 Å². The molecule has 146 valence electrons. The van der Waals surface area contributed by atoms with E-state index in [0.717, 1.165) is 6.42 Å². The molecule has 4 rings (SSSR count). The van der Waals surface area contributed by atoms with Crippen LogP contribution in [0.2, 0.25) is 0 Å². The maximum absolute atomic E-state index is 12.7.